The standard InChI is InChI=1S/C16H25NO2/c1-11-10-19-3-2-17(11)15(18)16-7-12-4-13(8-16)6-14(5-12)9-16/h11-14H,2-10H2,1H3. The second-order valence-corrected chi connectivity index (χ2v) is 7.62. The molecule has 4 bridgehead atoms. The van der Waals surface area contributed by atoms with E-state index in [1.807, 2.05) is 0 Å². The van der Waals surface area contributed by atoms with Crippen LogP contribution >= 0.6 is 0 Å². The van der Waals surface area contributed by atoms with Crippen molar-refractivity contribution in [2.75, 3.05) is 19.8 Å². The Morgan fingerprint density at radius 2 is 1.68 bits per heavy atom. The summed E-state index contributed by atoms with van der Waals surface area (Å²) in [6.45, 7) is 4.39. The molecule has 0 aromatic carbocycles. The van der Waals surface area contributed by atoms with Crippen molar-refractivity contribution in [3.63, 3.8) is 0 Å². The zero-order valence-electron chi connectivity index (χ0n) is 11.9. The van der Waals surface area contributed by atoms with E-state index in [2.05, 4.69) is 11.8 Å². The van der Waals surface area contributed by atoms with Crippen LogP contribution in [0.1, 0.15) is 45.4 Å². The smallest absolute Gasteiger partial charge is 0.229 e. The Kier molecular flexibility index (Phi) is 2.70. The van der Waals surface area contributed by atoms with Gasteiger partial charge in [-0.3, -0.25) is 4.79 Å². The molecule has 1 unspecified atom stereocenters. The maximum Gasteiger partial charge on any atom is 0.229 e. The lowest BCUT2D eigenvalue weighted by molar-refractivity contribution is -0.165. The van der Waals surface area contributed by atoms with Crippen LogP contribution in [-0.4, -0.2) is 36.6 Å². The van der Waals surface area contributed by atoms with Crippen LogP contribution in [0.5, 0.6) is 0 Å². The van der Waals surface area contributed by atoms with Crippen molar-refractivity contribution < 1.29 is 9.53 Å². The quantitative estimate of drug-likeness (QED) is 0.727. The Labute approximate surface area is 115 Å². The predicted molar refractivity (Wildman–Crippen MR) is 72.6 cm³/mol. The Balaban J connectivity index is 1.59. The van der Waals surface area contributed by atoms with E-state index in [9.17, 15) is 4.79 Å². The number of carbonyl (C=O) groups excluding carboxylic acids is 1. The number of carbonyl (C=O) groups is 1. The van der Waals surface area contributed by atoms with Crippen molar-refractivity contribution in [1.29, 1.82) is 0 Å². The number of rotatable bonds is 1. The topological polar surface area (TPSA) is 29.5 Å². The monoisotopic (exact) mass is 263 g/mol. The average molecular weight is 263 g/mol. The Morgan fingerprint density at radius 3 is 2.21 bits per heavy atom. The van der Waals surface area contributed by atoms with Gasteiger partial charge in [0.25, 0.3) is 0 Å². The Hall–Kier alpha value is -0.570. The van der Waals surface area contributed by atoms with Crippen LogP contribution in [0.25, 0.3) is 0 Å². The fraction of sp³-hybridized carbons (Fsp3) is 0.938. The molecule has 1 atom stereocenters. The van der Waals surface area contributed by atoms with Gasteiger partial charge in [-0.1, -0.05) is 0 Å². The Bertz CT molecular complexity index is 357. The normalized spacial score (nSPS) is 48.6. The van der Waals surface area contributed by atoms with E-state index in [1.54, 1.807) is 0 Å². The van der Waals surface area contributed by atoms with E-state index in [0.29, 0.717) is 5.91 Å². The summed E-state index contributed by atoms with van der Waals surface area (Å²) in [5.74, 6) is 3.03. The maximum atomic E-state index is 13.1. The van der Waals surface area contributed by atoms with Gasteiger partial charge >= 0.3 is 0 Å². The first-order valence-corrected chi connectivity index (χ1v) is 8.05. The van der Waals surface area contributed by atoms with Crippen LogP contribution in [0.15, 0.2) is 0 Å². The number of hydrogen-bond donors (Lipinski definition) is 0. The van der Waals surface area contributed by atoms with Crippen molar-refractivity contribution in [2.45, 2.75) is 51.5 Å². The van der Waals surface area contributed by atoms with Gasteiger partial charge in [0.05, 0.1) is 24.7 Å². The number of hydrogen-bond acceptors (Lipinski definition) is 2. The van der Waals surface area contributed by atoms with Gasteiger partial charge in [0.15, 0.2) is 0 Å². The molecule has 0 aromatic rings. The average Bonchev–Trinajstić information content (AvgIpc) is 2.37. The van der Waals surface area contributed by atoms with E-state index in [1.165, 1.54) is 38.5 Å². The van der Waals surface area contributed by atoms with E-state index in [4.69, 9.17) is 4.74 Å². The molecule has 1 aliphatic heterocycles. The summed E-state index contributed by atoms with van der Waals surface area (Å²) in [4.78, 5) is 15.3. The first kappa shape index (κ1) is 12.2. The molecule has 5 fully saturated rings. The fourth-order valence-electron chi connectivity index (χ4n) is 5.71. The summed E-state index contributed by atoms with van der Waals surface area (Å²) < 4.78 is 5.49. The molecule has 5 rings (SSSR count). The van der Waals surface area contributed by atoms with Gasteiger partial charge in [0.2, 0.25) is 5.91 Å². The zero-order valence-corrected chi connectivity index (χ0v) is 11.9. The summed E-state index contributed by atoms with van der Waals surface area (Å²) in [6.07, 6.45) is 7.77. The minimum absolute atomic E-state index is 0.0281. The van der Waals surface area contributed by atoms with Crippen molar-refractivity contribution >= 4 is 5.91 Å². The zero-order chi connectivity index (χ0) is 13.0. The van der Waals surface area contributed by atoms with Gasteiger partial charge < -0.3 is 9.64 Å². The van der Waals surface area contributed by atoms with E-state index in [-0.39, 0.29) is 11.5 Å². The molecule has 106 valence electrons. The molecule has 3 heteroatoms. The highest BCUT2D eigenvalue weighted by atomic mass is 16.5. The van der Waals surface area contributed by atoms with Crippen molar-refractivity contribution in [3.05, 3.63) is 0 Å². The van der Waals surface area contributed by atoms with E-state index < -0.39 is 0 Å². The van der Waals surface area contributed by atoms with Crippen molar-refractivity contribution in [2.24, 2.45) is 23.2 Å². The van der Waals surface area contributed by atoms with Crippen LogP contribution in [0.4, 0.5) is 0 Å². The molecule has 0 radical (unpaired) electrons. The molecule has 0 N–H and O–H groups in total. The first-order valence-electron chi connectivity index (χ1n) is 8.05. The van der Waals surface area contributed by atoms with Gasteiger partial charge in [0, 0.05) is 6.54 Å². The van der Waals surface area contributed by atoms with Gasteiger partial charge in [-0.25, -0.2) is 0 Å². The molecular weight excluding hydrogens is 238 g/mol. The van der Waals surface area contributed by atoms with Crippen LogP contribution in [0, 0.1) is 23.2 Å². The highest BCUT2D eigenvalue weighted by Gasteiger charge is 2.56. The molecule has 1 heterocycles. The minimum atomic E-state index is 0.0281. The van der Waals surface area contributed by atoms with E-state index >= 15 is 0 Å². The minimum Gasteiger partial charge on any atom is -0.377 e. The van der Waals surface area contributed by atoms with Gasteiger partial charge in [-0.2, -0.15) is 0 Å². The SMILES string of the molecule is CC1COCCN1C(=O)C12CC3CC(CC(C3)C1)C2. The Morgan fingerprint density at radius 1 is 1.11 bits per heavy atom. The lowest BCUT2D eigenvalue weighted by atomic mass is 9.49. The van der Waals surface area contributed by atoms with Crippen molar-refractivity contribution in [1.82, 2.24) is 4.90 Å². The third-order valence-electron chi connectivity index (χ3n) is 6.12. The van der Waals surface area contributed by atoms with Crippen LogP contribution in [-0.2, 0) is 9.53 Å². The molecule has 1 saturated heterocycles. The number of morpholine rings is 1. The maximum absolute atomic E-state index is 13.1. The molecule has 5 aliphatic rings. The molecule has 0 spiro atoms. The van der Waals surface area contributed by atoms with Crippen molar-refractivity contribution in [3.8, 4) is 0 Å². The molecule has 0 aromatic heterocycles. The summed E-state index contributed by atoms with van der Waals surface area (Å²) in [7, 11) is 0. The van der Waals surface area contributed by atoms with Crippen LogP contribution in [0.3, 0.4) is 0 Å². The first-order chi connectivity index (χ1) is 9.16. The van der Waals surface area contributed by atoms with Gasteiger partial charge in [0.1, 0.15) is 0 Å². The van der Waals surface area contributed by atoms with Crippen LogP contribution < -0.4 is 0 Å². The predicted octanol–water partition coefficient (Wildman–Crippen LogP) is 2.45. The molecule has 1 amide bonds. The van der Waals surface area contributed by atoms with Gasteiger partial charge in [-0.05, 0) is 63.2 Å². The van der Waals surface area contributed by atoms with Crippen LogP contribution in [0.2, 0.25) is 0 Å². The molecule has 3 nitrogen and oxygen atoms in total. The largest absolute Gasteiger partial charge is 0.377 e. The molecular formula is C16H25NO2. The second-order valence-electron chi connectivity index (χ2n) is 7.62. The number of nitrogens with zero attached hydrogens (tertiary/aromatic N) is 1. The third-order valence-corrected chi connectivity index (χ3v) is 6.12. The summed E-state index contributed by atoms with van der Waals surface area (Å²) >= 11 is 0. The third kappa shape index (κ3) is 1.84. The highest BCUT2D eigenvalue weighted by Crippen LogP contribution is 2.60. The number of amides is 1. The second kappa shape index (κ2) is 4.21. The molecule has 4 saturated carbocycles. The summed E-state index contributed by atoms with van der Waals surface area (Å²) in [5, 5.41) is 0. The van der Waals surface area contributed by atoms with E-state index in [0.717, 1.165) is 37.5 Å². The lowest BCUT2D eigenvalue weighted by Crippen LogP contribution is -2.58. The lowest BCUT2D eigenvalue weighted by Gasteiger charge is -2.57. The molecule has 4 aliphatic carbocycles. The number of ether oxygens (including phenoxy) is 1. The van der Waals surface area contributed by atoms with Gasteiger partial charge in [-0.15, -0.1) is 0 Å². The fourth-order valence-corrected chi connectivity index (χ4v) is 5.71. The summed E-state index contributed by atoms with van der Waals surface area (Å²) in [5.41, 5.74) is 0.0281. The molecule has 19 heavy (non-hydrogen) atoms. The summed E-state index contributed by atoms with van der Waals surface area (Å²) in [6, 6.07) is 0.272. The highest BCUT2D eigenvalue weighted by molar-refractivity contribution is 5.83.